The van der Waals surface area contributed by atoms with E-state index in [2.05, 4.69) is 45.6 Å². The summed E-state index contributed by atoms with van der Waals surface area (Å²) in [6, 6.07) is 0. The van der Waals surface area contributed by atoms with Gasteiger partial charge in [0, 0.05) is 5.41 Å². The molecule has 4 aliphatic rings. The van der Waals surface area contributed by atoms with Gasteiger partial charge in [-0.15, -0.1) is 5.73 Å². The Labute approximate surface area is 153 Å². The molecule has 6 unspecified atom stereocenters. The number of hydrogen-bond donors (Lipinski definition) is 0. The number of ketones is 1. The largest absolute Gasteiger partial charge is 0.290 e. The summed E-state index contributed by atoms with van der Waals surface area (Å²) in [6.07, 6.45) is 15.9. The molecule has 3 fully saturated rings. The second kappa shape index (κ2) is 5.85. The first-order valence-corrected chi connectivity index (χ1v) is 10.2. The third-order valence-corrected chi connectivity index (χ3v) is 8.45. The topological polar surface area (TPSA) is 17.1 Å². The first-order chi connectivity index (χ1) is 11.9. The summed E-state index contributed by atoms with van der Waals surface area (Å²) in [5.74, 6) is 3.29. The molecule has 1 nitrogen and oxygen atoms in total. The molecule has 0 aromatic heterocycles. The highest BCUT2D eigenvalue weighted by molar-refractivity contribution is 6.01. The van der Waals surface area contributed by atoms with Gasteiger partial charge in [0.05, 0.1) is 0 Å². The van der Waals surface area contributed by atoms with Crippen molar-refractivity contribution in [2.75, 3.05) is 0 Å². The fourth-order valence-electron chi connectivity index (χ4n) is 7.24. The highest BCUT2D eigenvalue weighted by Gasteiger charge is 2.58. The minimum atomic E-state index is 0.129. The molecule has 4 aliphatic carbocycles. The van der Waals surface area contributed by atoms with Gasteiger partial charge < -0.3 is 0 Å². The summed E-state index contributed by atoms with van der Waals surface area (Å²) in [7, 11) is 0. The molecule has 25 heavy (non-hydrogen) atoms. The number of carbonyl (C=O) groups is 1. The van der Waals surface area contributed by atoms with Crippen molar-refractivity contribution in [2.45, 2.75) is 66.2 Å². The number of fused-ring (bicyclic) bond motifs is 5. The van der Waals surface area contributed by atoms with E-state index in [1.54, 1.807) is 0 Å². The average Bonchev–Trinajstić information content (AvgIpc) is 2.93. The molecule has 4 rings (SSSR count). The van der Waals surface area contributed by atoms with Crippen molar-refractivity contribution in [3.05, 3.63) is 41.2 Å². The smallest absolute Gasteiger partial charge is 0.178 e. The average molecular weight is 337 g/mol. The summed E-state index contributed by atoms with van der Waals surface area (Å²) in [6.45, 7) is 9.35. The zero-order chi connectivity index (χ0) is 17.8. The molecule has 0 saturated heterocycles. The third-order valence-electron chi connectivity index (χ3n) is 8.45. The lowest BCUT2D eigenvalue weighted by Crippen LogP contribution is -2.49. The third kappa shape index (κ3) is 2.39. The van der Waals surface area contributed by atoms with Gasteiger partial charge >= 0.3 is 0 Å². The molecule has 0 amide bonds. The zero-order valence-corrected chi connectivity index (χ0v) is 16.3. The van der Waals surface area contributed by atoms with E-state index in [4.69, 9.17) is 0 Å². The Bertz CT molecular complexity index is 716. The lowest BCUT2D eigenvalue weighted by molar-refractivity contribution is -0.111. The molecule has 0 radical (unpaired) electrons. The van der Waals surface area contributed by atoms with Gasteiger partial charge in [0.2, 0.25) is 0 Å². The van der Waals surface area contributed by atoms with E-state index in [-0.39, 0.29) is 11.2 Å². The van der Waals surface area contributed by atoms with Gasteiger partial charge in [0.25, 0.3) is 0 Å². The minimum absolute atomic E-state index is 0.129. The van der Waals surface area contributed by atoms with Gasteiger partial charge in [-0.3, -0.25) is 4.79 Å². The van der Waals surface area contributed by atoms with E-state index in [0.717, 1.165) is 24.2 Å². The van der Waals surface area contributed by atoms with Crippen LogP contribution in [0.25, 0.3) is 0 Å². The maximum Gasteiger partial charge on any atom is 0.178 e. The minimum Gasteiger partial charge on any atom is -0.290 e. The summed E-state index contributed by atoms with van der Waals surface area (Å²) < 4.78 is 0. The van der Waals surface area contributed by atoms with Crippen molar-refractivity contribution >= 4 is 5.78 Å². The quantitative estimate of drug-likeness (QED) is 0.534. The highest BCUT2D eigenvalue weighted by atomic mass is 16.1. The fraction of sp³-hybridized carbons (Fsp3) is 0.667. The molecular formula is C24H32O. The van der Waals surface area contributed by atoms with E-state index in [9.17, 15) is 4.79 Å². The van der Waals surface area contributed by atoms with Crippen LogP contribution in [0.5, 0.6) is 0 Å². The molecule has 1 heteroatoms. The Kier molecular flexibility index (Phi) is 4.00. The second-order valence-corrected chi connectivity index (χ2v) is 9.39. The van der Waals surface area contributed by atoms with E-state index < -0.39 is 0 Å². The monoisotopic (exact) mass is 336 g/mol. The zero-order valence-electron chi connectivity index (χ0n) is 16.3. The molecule has 134 valence electrons. The molecule has 0 spiro atoms. The predicted octanol–water partition coefficient (Wildman–Crippen LogP) is 6.03. The second-order valence-electron chi connectivity index (χ2n) is 9.39. The summed E-state index contributed by atoms with van der Waals surface area (Å²) in [5, 5.41) is 0. The Morgan fingerprint density at radius 1 is 1.20 bits per heavy atom. The van der Waals surface area contributed by atoms with E-state index in [1.165, 1.54) is 43.3 Å². The van der Waals surface area contributed by atoms with Crippen LogP contribution in [0.4, 0.5) is 0 Å². The van der Waals surface area contributed by atoms with Crippen LogP contribution in [0.15, 0.2) is 41.2 Å². The number of carbonyl (C=O) groups excluding carboxylic acids is 1. The van der Waals surface area contributed by atoms with E-state index >= 15 is 0 Å². The lowest BCUT2D eigenvalue weighted by Gasteiger charge is -2.57. The summed E-state index contributed by atoms with van der Waals surface area (Å²) in [4.78, 5) is 11.9. The van der Waals surface area contributed by atoms with Crippen molar-refractivity contribution in [3.63, 3.8) is 0 Å². The normalized spacial score (nSPS) is 45.0. The van der Waals surface area contributed by atoms with Crippen molar-refractivity contribution in [1.82, 2.24) is 0 Å². The van der Waals surface area contributed by atoms with Crippen LogP contribution in [0.1, 0.15) is 66.2 Å². The van der Waals surface area contributed by atoms with Crippen LogP contribution in [-0.2, 0) is 4.79 Å². The standard InChI is InChI=1S/C24H32O/c1-5-6-16(2)20-9-10-21-19-8-7-17-15-18(25)11-13-23(17,3)22(19)12-14-24(20,21)4/h5,11,13,15,19-22H,7-10,12,14H2,1-4H3. The van der Waals surface area contributed by atoms with Gasteiger partial charge in [0.15, 0.2) is 5.78 Å². The molecule has 0 bridgehead atoms. The van der Waals surface area contributed by atoms with E-state index in [0.29, 0.717) is 11.3 Å². The number of rotatable bonds is 1. The first-order valence-electron chi connectivity index (χ1n) is 10.2. The van der Waals surface area contributed by atoms with Crippen LogP contribution >= 0.6 is 0 Å². The van der Waals surface area contributed by atoms with Crippen LogP contribution in [-0.4, -0.2) is 5.78 Å². The van der Waals surface area contributed by atoms with Gasteiger partial charge in [-0.25, -0.2) is 0 Å². The maximum atomic E-state index is 11.9. The Balaban J connectivity index is 1.67. The predicted molar refractivity (Wildman–Crippen MR) is 103 cm³/mol. The van der Waals surface area contributed by atoms with Crippen molar-refractivity contribution in [2.24, 2.45) is 34.5 Å². The van der Waals surface area contributed by atoms with Gasteiger partial charge in [-0.2, -0.15) is 0 Å². The molecule has 0 aromatic rings. The fourth-order valence-corrected chi connectivity index (χ4v) is 7.24. The lowest BCUT2D eigenvalue weighted by atomic mass is 9.47. The Morgan fingerprint density at radius 2 is 2.00 bits per heavy atom. The number of hydrogen-bond acceptors (Lipinski definition) is 1. The van der Waals surface area contributed by atoms with E-state index in [1.807, 2.05) is 12.2 Å². The molecule has 3 saturated carbocycles. The molecule has 0 aliphatic heterocycles. The van der Waals surface area contributed by atoms with Crippen molar-refractivity contribution in [1.29, 1.82) is 0 Å². The summed E-state index contributed by atoms with van der Waals surface area (Å²) in [5.41, 5.74) is 6.97. The van der Waals surface area contributed by atoms with Gasteiger partial charge in [0.1, 0.15) is 0 Å². The molecule has 0 heterocycles. The van der Waals surface area contributed by atoms with Gasteiger partial charge in [-0.05, 0) is 105 Å². The SMILES string of the molecule is CC=C=C(C)C1CCC2C3CCC4=CC(=O)C=CC4(C)C3CCC12C. The Hall–Kier alpha value is -1.33. The summed E-state index contributed by atoms with van der Waals surface area (Å²) >= 11 is 0. The van der Waals surface area contributed by atoms with Crippen molar-refractivity contribution in [3.8, 4) is 0 Å². The van der Waals surface area contributed by atoms with Crippen LogP contribution < -0.4 is 0 Å². The number of allylic oxidation sites excluding steroid dienone is 5. The van der Waals surface area contributed by atoms with Crippen LogP contribution in [0.3, 0.4) is 0 Å². The first kappa shape index (κ1) is 17.1. The molecule has 6 atom stereocenters. The molecular weight excluding hydrogens is 304 g/mol. The van der Waals surface area contributed by atoms with Crippen molar-refractivity contribution < 1.29 is 4.79 Å². The maximum absolute atomic E-state index is 11.9. The molecule has 0 aromatic carbocycles. The molecule has 0 N–H and O–H groups in total. The Morgan fingerprint density at radius 3 is 2.76 bits per heavy atom. The van der Waals surface area contributed by atoms with Gasteiger partial charge in [-0.1, -0.05) is 25.5 Å². The van der Waals surface area contributed by atoms with Crippen LogP contribution in [0, 0.1) is 34.5 Å². The van der Waals surface area contributed by atoms with Crippen LogP contribution in [0.2, 0.25) is 0 Å². The highest BCUT2D eigenvalue weighted by Crippen LogP contribution is 2.66.